The third-order valence-corrected chi connectivity index (χ3v) is 7.00. The van der Waals surface area contributed by atoms with E-state index in [0.717, 1.165) is 0 Å². The van der Waals surface area contributed by atoms with Crippen molar-refractivity contribution in [3.05, 3.63) is 36.4 Å². The van der Waals surface area contributed by atoms with Crippen molar-refractivity contribution in [2.75, 3.05) is 49.5 Å². The molecule has 4 amide bonds. The quantitative estimate of drug-likeness (QED) is 0.666. The second-order valence-electron chi connectivity index (χ2n) is 9.06. The van der Waals surface area contributed by atoms with Gasteiger partial charge in [-0.2, -0.15) is 0 Å². The van der Waals surface area contributed by atoms with Crippen LogP contribution in [-0.4, -0.2) is 84.7 Å². The number of carbonyl (C=O) groups excluding carboxylic acids is 4. The molecule has 34 heavy (non-hydrogen) atoms. The van der Waals surface area contributed by atoms with E-state index in [9.17, 15) is 19.2 Å². The SMILES string of the molecule is CCOC(=O)N1CCN(C(=O)C2C3C=C[C@]4(CN(c5ccc(NC(C)=O)cc5)C(=O)C24)O3)CC1. The molecular formula is C24H28N4O6. The van der Waals surface area contributed by atoms with Crippen molar-refractivity contribution in [3.63, 3.8) is 0 Å². The number of ether oxygens (including phenoxy) is 2. The topological polar surface area (TPSA) is 108 Å². The van der Waals surface area contributed by atoms with Gasteiger partial charge in [-0.25, -0.2) is 4.79 Å². The number of piperazine rings is 1. The molecule has 1 aromatic rings. The largest absolute Gasteiger partial charge is 0.450 e. The van der Waals surface area contributed by atoms with E-state index in [1.165, 1.54) is 6.92 Å². The zero-order valence-electron chi connectivity index (χ0n) is 19.2. The average molecular weight is 469 g/mol. The molecule has 5 rings (SSSR count). The standard InChI is InChI=1S/C24H28N4O6/c1-3-33-23(32)27-12-10-26(11-13-27)21(30)19-18-8-9-24(34-18)14-28(22(31)20(19)24)17-6-4-16(5-7-17)25-15(2)29/h4-9,18-20H,3,10-14H2,1-2H3,(H,25,29)/t18?,19?,20?,24-/m1/s1. The van der Waals surface area contributed by atoms with Crippen molar-refractivity contribution in [1.29, 1.82) is 0 Å². The maximum Gasteiger partial charge on any atom is 0.409 e. The van der Waals surface area contributed by atoms with Crippen molar-refractivity contribution in [2.45, 2.75) is 25.6 Å². The monoisotopic (exact) mass is 468 g/mol. The summed E-state index contributed by atoms with van der Waals surface area (Å²) in [6.45, 7) is 5.43. The molecule has 10 heteroatoms. The van der Waals surface area contributed by atoms with Gasteiger partial charge in [0.25, 0.3) is 0 Å². The number of amides is 4. The Morgan fingerprint density at radius 1 is 1.12 bits per heavy atom. The fourth-order valence-corrected chi connectivity index (χ4v) is 5.46. The first kappa shape index (κ1) is 22.4. The number of benzene rings is 1. The van der Waals surface area contributed by atoms with Crippen LogP contribution in [0.1, 0.15) is 13.8 Å². The fourth-order valence-electron chi connectivity index (χ4n) is 5.46. The molecule has 4 heterocycles. The van der Waals surface area contributed by atoms with E-state index in [-0.39, 0.29) is 23.8 Å². The van der Waals surface area contributed by atoms with Crippen molar-refractivity contribution in [3.8, 4) is 0 Å². The van der Waals surface area contributed by atoms with Gasteiger partial charge in [0.15, 0.2) is 0 Å². The van der Waals surface area contributed by atoms with Gasteiger partial charge in [-0.1, -0.05) is 12.2 Å². The molecule has 3 fully saturated rings. The molecule has 0 aromatic heterocycles. The Kier molecular flexibility index (Phi) is 5.55. The van der Waals surface area contributed by atoms with Crippen LogP contribution in [0.5, 0.6) is 0 Å². The number of nitrogens with zero attached hydrogens (tertiary/aromatic N) is 3. The molecule has 1 spiro atoms. The predicted octanol–water partition coefficient (Wildman–Crippen LogP) is 1.23. The van der Waals surface area contributed by atoms with Gasteiger partial charge in [0.2, 0.25) is 17.7 Å². The molecule has 2 bridgehead atoms. The van der Waals surface area contributed by atoms with Crippen LogP contribution < -0.4 is 10.2 Å². The van der Waals surface area contributed by atoms with Crippen LogP contribution in [-0.2, 0) is 23.9 Å². The number of fused-ring (bicyclic) bond motifs is 1. The average Bonchev–Trinajstić information content (AvgIpc) is 3.47. The summed E-state index contributed by atoms with van der Waals surface area (Å²) < 4.78 is 11.3. The summed E-state index contributed by atoms with van der Waals surface area (Å²) >= 11 is 0. The first-order valence-corrected chi connectivity index (χ1v) is 11.6. The first-order chi connectivity index (χ1) is 16.3. The summed E-state index contributed by atoms with van der Waals surface area (Å²) in [5, 5.41) is 2.71. The Bertz CT molecular complexity index is 1050. The summed E-state index contributed by atoms with van der Waals surface area (Å²) in [4.78, 5) is 55.3. The van der Waals surface area contributed by atoms with E-state index in [0.29, 0.717) is 50.7 Å². The Balaban J connectivity index is 1.31. The normalized spacial score (nSPS) is 29.4. The zero-order chi connectivity index (χ0) is 24.0. The number of rotatable bonds is 4. The maximum absolute atomic E-state index is 13.5. The number of anilines is 2. The number of nitrogens with one attached hydrogen (secondary N) is 1. The van der Waals surface area contributed by atoms with Gasteiger partial charge in [-0.05, 0) is 31.2 Å². The minimum absolute atomic E-state index is 0.110. The van der Waals surface area contributed by atoms with Gasteiger partial charge in [0.05, 0.1) is 31.1 Å². The van der Waals surface area contributed by atoms with Crippen LogP contribution >= 0.6 is 0 Å². The lowest BCUT2D eigenvalue weighted by molar-refractivity contribution is -0.141. The van der Waals surface area contributed by atoms with Crippen LogP contribution in [0, 0.1) is 11.8 Å². The zero-order valence-corrected chi connectivity index (χ0v) is 19.2. The Hall–Kier alpha value is -3.40. The highest BCUT2D eigenvalue weighted by atomic mass is 16.6. The molecule has 0 radical (unpaired) electrons. The maximum atomic E-state index is 13.5. The smallest absolute Gasteiger partial charge is 0.409 e. The summed E-state index contributed by atoms with van der Waals surface area (Å²) in [6.07, 6.45) is 3.03. The summed E-state index contributed by atoms with van der Waals surface area (Å²) in [6, 6.07) is 7.05. The minimum atomic E-state index is -0.814. The molecule has 4 atom stereocenters. The summed E-state index contributed by atoms with van der Waals surface area (Å²) in [5.41, 5.74) is 0.524. The Labute approximate surface area is 197 Å². The molecule has 0 aliphatic carbocycles. The van der Waals surface area contributed by atoms with Crippen molar-refractivity contribution < 1.29 is 28.7 Å². The van der Waals surface area contributed by atoms with Crippen molar-refractivity contribution >= 4 is 35.2 Å². The molecule has 3 unspecified atom stereocenters. The highest BCUT2D eigenvalue weighted by Gasteiger charge is 2.67. The molecule has 180 valence electrons. The van der Waals surface area contributed by atoms with Gasteiger partial charge in [-0.15, -0.1) is 0 Å². The lowest BCUT2D eigenvalue weighted by atomic mass is 9.76. The van der Waals surface area contributed by atoms with Crippen molar-refractivity contribution in [1.82, 2.24) is 9.80 Å². The highest BCUT2D eigenvalue weighted by molar-refractivity contribution is 6.03. The third-order valence-electron chi connectivity index (χ3n) is 7.00. The predicted molar refractivity (Wildman–Crippen MR) is 122 cm³/mol. The van der Waals surface area contributed by atoms with E-state index in [1.807, 2.05) is 12.2 Å². The summed E-state index contributed by atoms with van der Waals surface area (Å²) in [7, 11) is 0. The Morgan fingerprint density at radius 3 is 2.44 bits per heavy atom. The number of hydrogen-bond donors (Lipinski definition) is 1. The molecule has 10 nitrogen and oxygen atoms in total. The molecule has 1 aromatic carbocycles. The van der Waals surface area contributed by atoms with Gasteiger partial charge < -0.3 is 29.5 Å². The first-order valence-electron chi connectivity index (χ1n) is 11.6. The number of hydrogen-bond acceptors (Lipinski definition) is 6. The second-order valence-corrected chi connectivity index (χ2v) is 9.06. The number of carbonyl (C=O) groups is 4. The molecule has 0 saturated carbocycles. The Morgan fingerprint density at radius 2 is 1.79 bits per heavy atom. The van der Waals surface area contributed by atoms with Gasteiger partial charge in [0, 0.05) is 44.5 Å². The fraction of sp³-hybridized carbons (Fsp3) is 0.500. The van der Waals surface area contributed by atoms with Gasteiger partial charge >= 0.3 is 6.09 Å². The second kappa shape index (κ2) is 8.43. The van der Waals surface area contributed by atoms with E-state index >= 15 is 0 Å². The summed E-state index contributed by atoms with van der Waals surface area (Å²) in [5.74, 6) is -1.59. The van der Waals surface area contributed by atoms with E-state index in [4.69, 9.17) is 9.47 Å². The molecule has 3 saturated heterocycles. The van der Waals surface area contributed by atoms with Crippen LogP contribution in [0.3, 0.4) is 0 Å². The van der Waals surface area contributed by atoms with E-state index in [2.05, 4.69) is 5.32 Å². The molecule has 4 aliphatic heterocycles. The molecular weight excluding hydrogens is 440 g/mol. The minimum Gasteiger partial charge on any atom is -0.450 e. The highest BCUT2D eigenvalue weighted by Crippen LogP contribution is 2.53. The van der Waals surface area contributed by atoms with Crippen molar-refractivity contribution in [2.24, 2.45) is 11.8 Å². The van der Waals surface area contributed by atoms with Crippen LogP contribution in [0.4, 0.5) is 16.2 Å². The lowest BCUT2D eigenvalue weighted by Crippen LogP contribution is -2.54. The lowest BCUT2D eigenvalue weighted by Gasteiger charge is -2.36. The van der Waals surface area contributed by atoms with Gasteiger partial charge in [0.1, 0.15) is 5.60 Å². The third kappa shape index (κ3) is 3.62. The van der Waals surface area contributed by atoms with Crippen LogP contribution in [0.15, 0.2) is 36.4 Å². The van der Waals surface area contributed by atoms with Gasteiger partial charge in [-0.3, -0.25) is 14.4 Å². The molecule has 1 N–H and O–H groups in total. The van der Waals surface area contributed by atoms with Crippen LogP contribution in [0.25, 0.3) is 0 Å². The van der Waals surface area contributed by atoms with Crippen LogP contribution in [0.2, 0.25) is 0 Å². The molecule has 4 aliphatic rings. The van der Waals surface area contributed by atoms with E-state index in [1.54, 1.807) is 45.9 Å². The van der Waals surface area contributed by atoms with E-state index < -0.39 is 23.5 Å².